The van der Waals surface area contributed by atoms with Crippen LogP contribution in [-0.4, -0.2) is 36.9 Å². The molecule has 1 unspecified atom stereocenters. The highest BCUT2D eigenvalue weighted by molar-refractivity contribution is 9.10. The first kappa shape index (κ1) is 15.0. The highest BCUT2D eigenvalue weighted by Gasteiger charge is 2.31. The van der Waals surface area contributed by atoms with Gasteiger partial charge in [-0.3, -0.25) is 14.5 Å². The van der Waals surface area contributed by atoms with Gasteiger partial charge in [-0.2, -0.15) is 0 Å². The molecule has 0 spiro atoms. The molecule has 0 aromatic heterocycles. The molecule has 2 amide bonds. The van der Waals surface area contributed by atoms with Gasteiger partial charge in [-0.1, -0.05) is 15.9 Å². The predicted molar refractivity (Wildman–Crippen MR) is 78.3 cm³/mol. The van der Waals surface area contributed by atoms with Crippen LogP contribution in [0.4, 0.5) is 0 Å². The summed E-state index contributed by atoms with van der Waals surface area (Å²) in [5.74, 6) is 0.489. The molecule has 2 rings (SSSR count). The van der Waals surface area contributed by atoms with Gasteiger partial charge in [0, 0.05) is 24.5 Å². The van der Waals surface area contributed by atoms with E-state index in [4.69, 9.17) is 4.74 Å². The number of likely N-dealkylation sites (tertiary alicyclic amines) is 1. The molecule has 1 aromatic carbocycles. The fourth-order valence-corrected chi connectivity index (χ4v) is 2.54. The van der Waals surface area contributed by atoms with Gasteiger partial charge in [0.15, 0.2) is 0 Å². The number of imide groups is 1. The SMILES string of the molecule is COc1ccc(Br)c(CNC2CCC(=O)N(C)C2=O)c1. The molecule has 1 fully saturated rings. The lowest BCUT2D eigenvalue weighted by atomic mass is 10.0. The fraction of sp³-hybridized carbons (Fsp3) is 0.429. The molecule has 5 nitrogen and oxygen atoms in total. The number of amides is 2. The Balaban J connectivity index is 2.02. The molecule has 1 heterocycles. The van der Waals surface area contributed by atoms with Gasteiger partial charge in [0.1, 0.15) is 5.75 Å². The third-order valence-corrected chi connectivity index (χ3v) is 4.22. The Morgan fingerprint density at radius 3 is 2.90 bits per heavy atom. The summed E-state index contributed by atoms with van der Waals surface area (Å²) < 4.78 is 6.14. The van der Waals surface area contributed by atoms with Crippen molar-refractivity contribution in [3.63, 3.8) is 0 Å². The van der Waals surface area contributed by atoms with Crippen molar-refractivity contribution in [1.29, 1.82) is 0 Å². The van der Waals surface area contributed by atoms with Crippen LogP contribution in [0.25, 0.3) is 0 Å². The molecule has 6 heteroatoms. The highest BCUT2D eigenvalue weighted by Crippen LogP contribution is 2.23. The maximum Gasteiger partial charge on any atom is 0.246 e. The van der Waals surface area contributed by atoms with Crippen molar-refractivity contribution in [2.75, 3.05) is 14.2 Å². The second-order valence-electron chi connectivity index (χ2n) is 4.72. The Labute approximate surface area is 126 Å². The third-order valence-electron chi connectivity index (χ3n) is 3.44. The van der Waals surface area contributed by atoms with Crippen LogP contribution in [0.2, 0.25) is 0 Å². The number of carbonyl (C=O) groups is 2. The first-order valence-corrected chi connectivity index (χ1v) is 7.18. The number of ether oxygens (including phenoxy) is 1. The lowest BCUT2D eigenvalue weighted by Crippen LogP contribution is -2.51. The van der Waals surface area contributed by atoms with Crippen LogP contribution in [0, 0.1) is 0 Å². The van der Waals surface area contributed by atoms with Gasteiger partial charge in [0.05, 0.1) is 13.2 Å². The number of nitrogens with zero attached hydrogens (tertiary/aromatic N) is 1. The van der Waals surface area contributed by atoms with Gasteiger partial charge >= 0.3 is 0 Å². The van der Waals surface area contributed by atoms with Crippen molar-refractivity contribution in [3.8, 4) is 5.75 Å². The van der Waals surface area contributed by atoms with Gasteiger partial charge in [-0.05, 0) is 30.2 Å². The van der Waals surface area contributed by atoms with Crippen LogP contribution in [0.1, 0.15) is 18.4 Å². The van der Waals surface area contributed by atoms with E-state index in [9.17, 15) is 9.59 Å². The van der Waals surface area contributed by atoms with Gasteiger partial charge in [-0.25, -0.2) is 0 Å². The van der Waals surface area contributed by atoms with E-state index in [1.807, 2.05) is 18.2 Å². The van der Waals surface area contributed by atoms with Crippen molar-refractivity contribution in [1.82, 2.24) is 10.2 Å². The number of hydrogen-bond donors (Lipinski definition) is 1. The maximum absolute atomic E-state index is 12.0. The van der Waals surface area contributed by atoms with E-state index in [0.717, 1.165) is 15.8 Å². The van der Waals surface area contributed by atoms with Crippen molar-refractivity contribution in [2.45, 2.75) is 25.4 Å². The van der Waals surface area contributed by atoms with E-state index in [0.29, 0.717) is 19.4 Å². The summed E-state index contributed by atoms with van der Waals surface area (Å²) in [6.07, 6.45) is 0.947. The zero-order chi connectivity index (χ0) is 14.7. The number of likely N-dealkylation sites (N-methyl/N-ethyl adjacent to an activating group) is 1. The molecule has 0 bridgehead atoms. The van der Waals surface area contributed by atoms with Crippen LogP contribution < -0.4 is 10.1 Å². The largest absolute Gasteiger partial charge is 0.497 e. The second kappa shape index (κ2) is 6.37. The molecule has 1 saturated heterocycles. The minimum absolute atomic E-state index is 0.115. The Morgan fingerprint density at radius 1 is 1.45 bits per heavy atom. The van der Waals surface area contributed by atoms with Crippen molar-refractivity contribution in [2.24, 2.45) is 0 Å². The molecule has 0 saturated carbocycles. The lowest BCUT2D eigenvalue weighted by Gasteiger charge is -2.28. The summed E-state index contributed by atoms with van der Waals surface area (Å²) in [6.45, 7) is 0.538. The zero-order valence-corrected chi connectivity index (χ0v) is 13.1. The van der Waals surface area contributed by atoms with E-state index >= 15 is 0 Å². The third kappa shape index (κ3) is 3.19. The summed E-state index contributed by atoms with van der Waals surface area (Å²) in [4.78, 5) is 24.6. The van der Waals surface area contributed by atoms with Crippen LogP contribution in [0.3, 0.4) is 0 Å². The summed E-state index contributed by atoms with van der Waals surface area (Å²) >= 11 is 3.48. The summed E-state index contributed by atoms with van der Waals surface area (Å²) in [7, 11) is 3.14. The molecule has 1 aliphatic rings. The Hall–Kier alpha value is -1.40. The summed E-state index contributed by atoms with van der Waals surface area (Å²) in [6, 6.07) is 5.38. The minimum atomic E-state index is -0.309. The van der Waals surface area contributed by atoms with E-state index in [-0.39, 0.29) is 17.9 Å². The molecular formula is C14H17BrN2O3. The first-order chi connectivity index (χ1) is 9.52. The summed E-state index contributed by atoms with van der Waals surface area (Å²) in [5.41, 5.74) is 1.01. The number of benzene rings is 1. The average Bonchev–Trinajstić information content (AvgIpc) is 2.45. The van der Waals surface area contributed by atoms with E-state index in [1.54, 1.807) is 7.11 Å². The monoisotopic (exact) mass is 340 g/mol. The molecule has 0 radical (unpaired) electrons. The Kier molecular flexibility index (Phi) is 4.77. The molecule has 1 aliphatic heterocycles. The molecule has 20 heavy (non-hydrogen) atoms. The van der Waals surface area contributed by atoms with Gasteiger partial charge < -0.3 is 10.1 Å². The van der Waals surface area contributed by atoms with Crippen molar-refractivity contribution in [3.05, 3.63) is 28.2 Å². The normalized spacial score (nSPS) is 19.4. The number of carbonyl (C=O) groups excluding carboxylic acids is 2. The minimum Gasteiger partial charge on any atom is -0.497 e. The van der Waals surface area contributed by atoms with Crippen molar-refractivity contribution >= 4 is 27.7 Å². The van der Waals surface area contributed by atoms with Gasteiger partial charge in [0.25, 0.3) is 0 Å². The number of nitrogens with one attached hydrogen (secondary N) is 1. The molecule has 1 N–H and O–H groups in total. The topological polar surface area (TPSA) is 58.6 Å². The van der Waals surface area contributed by atoms with Crippen molar-refractivity contribution < 1.29 is 14.3 Å². The number of halogens is 1. The number of methoxy groups -OCH3 is 1. The molecular weight excluding hydrogens is 324 g/mol. The molecule has 1 atom stereocenters. The Bertz CT molecular complexity index is 533. The van der Waals surface area contributed by atoms with E-state index in [1.165, 1.54) is 11.9 Å². The van der Waals surface area contributed by atoms with Gasteiger partial charge in [-0.15, -0.1) is 0 Å². The number of rotatable bonds is 4. The smallest absolute Gasteiger partial charge is 0.246 e. The van der Waals surface area contributed by atoms with Crippen LogP contribution in [-0.2, 0) is 16.1 Å². The van der Waals surface area contributed by atoms with Crippen LogP contribution >= 0.6 is 15.9 Å². The zero-order valence-electron chi connectivity index (χ0n) is 11.5. The molecule has 108 valence electrons. The quantitative estimate of drug-likeness (QED) is 0.847. The van der Waals surface area contributed by atoms with Gasteiger partial charge in [0.2, 0.25) is 11.8 Å². The number of hydrogen-bond acceptors (Lipinski definition) is 4. The average molecular weight is 341 g/mol. The standard InChI is InChI=1S/C14H17BrN2O3/c1-17-13(18)6-5-12(14(17)19)16-8-9-7-10(20-2)3-4-11(9)15/h3-4,7,12,16H,5-6,8H2,1-2H3. The first-order valence-electron chi connectivity index (χ1n) is 6.39. The predicted octanol–water partition coefficient (Wildman–Crippen LogP) is 1.69. The summed E-state index contributed by atoms with van der Waals surface area (Å²) in [5, 5.41) is 3.20. The molecule has 0 aliphatic carbocycles. The van der Waals surface area contributed by atoms with Crippen LogP contribution in [0.5, 0.6) is 5.75 Å². The number of piperidine rings is 1. The second-order valence-corrected chi connectivity index (χ2v) is 5.57. The Morgan fingerprint density at radius 2 is 2.20 bits per heavy atom. The maximum atomic E-state index is 12.0. The highest BCUT2D eigenvalue weighted by atomic mass is 79.9. The molecule has 1 aromatic rings. The van der Waals surface area contributed by atoms with Crippen LogP contribution in [0.15, 0.2) is 22.7 Å². The fourth-order valence-electron chi connectivity index (χ4n) is 2.15. The van der Waals surface area contributed by atoms with E-state index in [2.05, 4.69) is 21.2 Å². The van der Waals surface area contributed by atoms with E-state index < -0.39 is 0 Å². The lowest BCUT2D eigenvalue weighted by molar-refractivity contribution is -0.148.